The van der Waals surface area contributed by atoms with Gasteiger partial charge in [0, 0.05) is 16.1 Å². The molecule has 3 N–H and O–H groups in total. The molecule has 0 spiro atoms. The van der Waals surface area contributed by atoms with E-state index < -0.39 is 17.6 Å². The van der Waals surface area contributed by atoms with Crippen molar-refractivity contribution in [3.8, 4) is 5.75 Å². The summed E-state index contributed by atoms with van der Waals surface area (Å²) < 4.78 is 19.2. The molecule has 0 radical (unpaired) electrons. The Labute approximate surface area is 241 Å². The summed E-state index contributed by atoms with van der Waals surface area (Å²) in [5.74, 6) is -0.976. The van der Waals surface area contributed by atoms with E-state index in [1.165, 1.54) is 23.9 Å². The van der Waals surface area contributed by atoms with E-state index in [1.807, 2.05) is 6.92 Å². The summed E-state index contributed by atoms with van der Waals surface area (Å²) in [7, 11) is 0. The zero-order valence-electron chi connectivity index (χ0n) is 22.2. The van der Waals surface area contributed by atoms with Crippen molar-refractivity contribution in [1.29, 1.82) is 0 Å². The largest absolute Gasteiger partial charge is 0.494 e. The Bertz CT molecular complexity index is 1530. The topological polar surface area (TPSA) is 96.5 Å². The summed E-state index contributed by atoms with van der Waals surface area (Å²) in [4.78, 5) is 39.1. The number of para-hydroxylation sites is 1. The number of ether oxygens (including phenoxy) is 1. The third-order valence-corrected chi connectivity index (χ3v) is 6.67. The fraction of sp³-hybridized carbons (Fsp3) is 0.0938. The Balaban J connectivity index is 1.42. The second-order valence-corrected chi connectivity index (χ2v) is 9.72. The van der Waals surface area contributed by atoms with Crippen LogP contribution >= 0.6 is 11.8 Å². The molecule has 0 heterocycles. The number of benzene rings is 4. The maximum absolute atomic E-state index is 13.8. The molecule has 3 amide bonds. The van der Waals surface area contributed by atoms with E-state index in [4.69, 9.17) is 4.74 Å². The lowest BCUT2D eigenvalue weighted by atomic mass is 10.1. The number of nitrogens with one attached hydrogen (secondary N) is 3. The van der Waals surface area contributed by atoms with Crippen LogP contribution in [0.4, 0.5) is 15.8 Å². The van der Waals surface area contributed by atoms with E-state index in [1.54, 1.807) is 97.1 Å². The lowest BCUT2D eigenvalue weighted by Crippen LogP contribution is -2.30. The summed E-state index contributed by atoms with van der Waals surface area (Å²) in [6.45, 7) is 2.43. The number of carbonyl (C=O) groups excluding carboxylic acids is 3. The minimum Gasteiger partial charge on any atom is -0.494 e. The monoisotopic (exact) mass is 569 g/mol. The molecule has 208 valence electrons. The maximum Gasteiger partial charge on any atom is 0.272 e. The van der Waals surface area contributed by atoms with Crippen LogP contribution in [-0.4, -0.2) is 30.1 Å². The highest BCUT2D eigenvalue weighted by Crippen LogP contribution is 2.22. The van der Waals surface area contributed by atoms with Gasteiger partial charge in [-0.3, -0.25) is 14.4 Å². The van der Waals surface area contributed by atoms with Gasteiger partial charge in [0.1, 0.15) is 17.3 Å². The van der Waals surface area contributed by atoms with Gasteiger partial charge in [-0.2, -0.15) is 0 Å². The van der Waals surface area contributed by atoms with E-state index >= 15 is 0 Å². The minimum absolute atomic E-state index is 0.0614. The summed E-state index contributed by atoms with van der Waals surface area (Å²) in [5.41, 5.74) is 1.81. The zero-order chi connectivity index (χ0) is 29.0. The van der Waals surface area contributed by atoms with Crippen LogP contribution in [0.15, 0.2) is 114 Å². The second kappa shape index (κ2) is 14.5. The standard InChI is InChI=1S/C32H28FN3O4S/c1-2-40-25-16-12-22(13-17-25)20-29(36-31(38)23-8-4-3-5-9-23)32(39)34-24-14-18-26(19-15-24)41-21-30(37)35-28-11-7-6-10-27(28)33/h3-20H,2,21H2,1H3,(H,34,39)(H,35,37)(H,36,38)/b29-20-. The van der Waals surface area contributed by atoms with Crippen molar-refractivity contribution in [2.24, 2.45) is 0 Å². The van der Waals surface area contributed by atoms with Crippen molar-refractivity contribution in [1.82, 2.24) is 5.32 Å². The molecule has 4 aromatic carbocycles. The van der Waals surface area contributed by atoms with Gasteiger partial charge in [0.2, 0.25) is 5.91 Å². The van der Waals surface area contributed by atoms with Crippen LogP contribution in [0.5, 0.6) is 5.75 Å². The molecular formula is C32H28FN3O4S. The number of hydrogen-bond acceptors (Lipinski definition) is 5. The molecule has 7 nitrogen and oxygen atoms in total. The first-order valence-electron chi connectivity index (χ1n) is 12.8. The van der Waals surface area contributed by atoms with Gasteiger partial charge in [-0.1, -0.05) is 42.5 Å². The highest BCUT2D eigenvalue weighted by Gasteiger charge is 2.15. The lowest BCUT2D eigenvalue weighted by molar-refractivity contribution is -0.114. The molecule has 0 aliphatic rings. The summed E-state index contributed by atoms with van der Waals surface area (Å²) >= 11 is 1.27. The molecule has 9 heteroatoms. The molecule has 0 saturated heterocycles. The van der Waals surface area contributed by atoms with Gasteiger partial charge in [-0.25, -0.2) is 4.39 Å². The molecule has 0 unspecified atom stereocenters. The molecule has 41 heavy (non-hydrogen) atoms. The van der Waals surface area contributed by atoms with E-state index in [2.05, 4.69) is 16.0 Å². The number of amides is 3. The van der Waals surface area contributed by atoms with Gasteiger partial charge in [-0.15, -0.1) is 11.8 Å². The number of rotatable bonds is 11. The fourth-order valence-corrected chi connectivity index (χ4v) is 4.37. The molecule has 4 aromatic rings. The van der Waals surface area contributed by atoms with Crippen LogP contribution in [0.25, 0.3) is 6.08 Å². The van der Waals surface area contributed by atoms with Crippen molar-refractivity contribution in [3.63, 3.8) is 0 Å². The Morgan fingerprint density at radius 2 is 1.51 bits per heavy atom. The van der Waals surface area contributed by atoms with Gasteiger partial charge >= 0.3 is 0 Å². The number of carbonyl (C=O) groups is 3. The average molecular weight is 570 g/mol. The number of halogens is 1. The molecule has 0 atom stereocenters. The second-order valence-electron chi connectivity index (χ2n) is 8.68. The lowest BCUT2D eigenvalue weighted by Gasteiger charge is -2.12. The van der Waals surface area contributed by atoms with Gasteiger partial charge in [0.15, 0.2) is 0 Å². The molecule has 4 rings (SSSR count). The van der Waals surface area contributed by atoms with Crippen LogP contribution in [0.1, 0.15) is 22.8 Å². The third kappa shape index (κ3) is 8.81. The fourth-order valence-electron chi connectivity index (χ4n) is 3.67. The van der Waals surface area contributed by atoms with E-state index in [0.717, 1.165) is 4.90 Å². The zero-order valence-corrected chi connectivity index (χ0v) is 23.0. The number of hydrogen-bond donors (Lipinski definition) is 3. The normalized spacial score (nSPS) is 10.9. The predicted molar refractivity (Wildman–Crippen MR) is 160 cm³/mol. The average Bonchev–Trinajstić information content (AvgIpc) is 2.99. The first-order chi connectivity index (χ1) is 19.9. The quantitative estimate of drug-likeness (QED) is 0.144. The maximum atomic E-state index is 13.8. The van der Waals surface area contributed by atoms with Crippen molar-refractivity contribution < 1.29 is 23.5 Å². The van der Waals surface area contributed by atoms with Gasteiger partial charge in [0.05, 0.1) is 18.0 Å². The van der Waals surface area contributed by atoms with Crippen molar-refractivity contribution in [3.05, 3.63) is 126 Å². The van der Waals surface area contributed by atoms with Crippen molar-refractivity contribution >= 4 is 46.9 Å². The SMILES string of the molecule is CCOc1ccc(/C=C(\NC(=O)c2ccccc2)C(=O)Nc2ccc(SCC(=O)Nc3ccccc3F)cc2)cc1. The van der Waals surface area contributed by atoms with Gasteiger partial charge in [0.25, 0.3) is 11.8 Å². The highest BCUT2D eigenvalue weighted by atomic mass is 32.2. The summed E-state index contributed by atoms with van der Waals surface area (Å²) in [5, 5.41) is 8.07. The van der Waals surface area contributed by atoms with E-state index in [-0.39, 0.29) is 23.0 Å². The van der Waals surface area contributed by atoms with Crippen molar-refractivity contribution in [2.75, 3.05) is 23.0 Å². The Morgan fingerprint density at radius 3 is 2.20 bits per heavy atom. The van der Waals surface area contributed by atoms with E-state index in [9.17, 15) is 18.8 Å². The Hall–Kier alpha value is -4.89. The first kappa shape index (κ1) is 29.1. The molecule has 0 saturated carbocycles. The summed E-state index contributed by atoms with van der Waals surface area (Å²) in [6.07, 6.45) is 1.59. The van der Waals surface area contributed by atoms with Crippen molar-refractivity contribution in [2.45, 2.75) is 11.8 Å². The van der Waals surface area contributed by atoms with Gasteiger partial charge in [-0.05, 0) is 79.2 Å². The summed E-state index contributed by atoms with van der Waals surface area (Å²) in [6, 6.07) is 28.7. The first-order valence-corrected chi connectivity index (χ1v) is 13.8. The van der Waals surface area contributed by atoms with E-state index in [0.29, 0.717) is 29.2 Å². The van der Waals surface area contributed by atoms with Crippen LogP contribution in [0.2, 0.25) is 0 Å². The molecule has 0 bridgehead atoms. The minimum atomic E-state index is -0.507. The number of thioether (sulfide) groups is 1. The van der Waals surface area contributed by atoms with Crippen LogP contribution in [-0.2, 0) is 9.59 Å². The highest BCUT2D eigenvalue weighted by molar-refractivity contribution is 8.00. The Kier molecular flexibility index (Phi) is 10.3. The van der Waals surface area contributed by atoms with Gasteiger partial charge < -0.3 is 20.7 Å². The molecule has 0 aliphatic heterocycles. The van der Waals surface area contributed by atoms with Crippen LogP contribution < -0.4 is 20.7 Å². The molecule has 0 aromatic heterocycles. The predicted octanol–water partition coefficient (Wildman–Crippen LogP) is 6.36. The van der Waals surface area contributed by atoms with Crippen LogP contribution in [0, 0.1) is 5.82 Å². The van der Waals surface area contributed by atoms with Crippen LogP contribution in [0.3, 0.4) is 0 Å². The smallest absolute Gasteiger partial charge is 0.272 e. The number of anilines is 2. The molecule has 0 fully saturated rings. The third-order valence-electron chi connectivity index (χ3n) is 5.66. The Morgan fingerprint density at radius 1 is 0.829 bits per heavy atom. The molecular weight excluding hydrogens is 541 g/mol. The molecule has 0 aliphatic carbocycles.